The number of carbonyl (C=O) groups excluding carboxylic acids is 2. The number of rotatable bonds is 8. The van der Waals surface area contributed by atoms with Gasteiger partial charge in [-0.1, -0.05) is 11.6 Å². The Bertz CT molecular complexity index is 985. The third-order valence-electron chi connectivity index (χ3n) is 4.57. The van der Waals surface area contributed by atoms with E-state index in [0.29, 0.717) is 36.8 Å². The third kappa shape index (κ3) is 9.25. The first-order valence-corrected chi connectivity index (χ1v) is 11.7. The second-order valence-corrected chi connectivity index (χ2v) is 10.5. The van der Waals surface area contributed by atoms with Crippen LogP contribution in [0.2, 0.25) is 5.02 Å². The largest absolute Gasteiger partial charge is 0.492 e. The van der Waals surface area contributed by atoms with Crippen LogP contribution in [0.3, 0.4) is 0 Å². The van der Waals surface area contributed by atoms with E-state index in [4.69, 9.17) is 25.8 Å². The van der Waals surface area contributed by atoms with Gasteiger partial charge in [-0.05, 0) is 66.2 Å². The zero-order valence-corrected chi connectivity index (χ0v) is 21.9. The van der Waals surface area contributed by atoms with Gasteiger partial charge in [0.1, 0.15) is 23.6 Å². The number of nitrogens with zero attached hydrogens (tertiary/aromatic N) is 3. The molecule has 0 saturated carbocycles. The summed E-state index contributed by atoms with van der Waals surface area (Å²) in [4.78, 5) is 32.3. The molecule has 188 valence electrons. The van der Waals surface area contributed by atoms with Crippen molar-refractivity contribution >= 4 is 34.7 Å². The van der Waals surface area contributed by atoms with Gasteiger partial charge in [0.25, 0.3) is 0 Å². The van der Waals surface area contributed by atoms with E-state index in [1.807, 2.05) is 59.7 Å². The highest BCUT2D eigenvalue weighted by Crippen LogP contribution is 2.25. The van der Waals surface area contributed by atoms with Crippen molar-refractivity contribution < 1.29 is 23.8 Å². The average molecular weight is 494 g/mol. The molecule has 0 saturated heterocycles. The van der Waals surface area contributed by atoms with Gasteiger partial charge >= 0.3 is 12.2 Å². The molecule has 0 fully saturated rings. The minimum Gasteiger partial charge on any atom is -0.492 e. The van der Waals surface area contributed by atoms with E-state index in [-0.39, 0.29) is 6.61 Å². The van der Waals surface area contributed by atoms with E-state index in [0.717, 1.165) is 10.9 Å². The van der Waals surface area contributed by atoms with E-state index in [1.165, 1.54) is 4.90 Å². The molecule has 0 atom stereocenters. The van der Waals surface area contributed by atoms with Crippen molar-refractivity contribution in [3.05, 3.63) is 35.5 Å². The van der Waals surface area contributed by atoms with Gasteiger partial charge in [0.05, 0.1) is 17.1 Å². The van der Waals surface area contributed by atoms with Gasteiger partial charge in [-0.25, -0.2) is 9.59 Å². The molecule has 0 spiro atoms. The quantitative estimate of drug-likeness (QED) is 0.465. The van der Waals surface area contributed by atoms with Crippen LogP contribution in [-0.4, -0.2) is 71.5 Å². The lowest BCUT2D eigenvalue weighted by molar-refractivity contribution is 0.0206. The van der Waals surface area contributed by atoms with E-state index >= 15 is 0 Å². The van der Waals surface area contributed by atoms with E-state index in [1.54, 1.807) is 24.2 Å². The zero-order chi connectivity index (χ0) is 25.5. The van der Waals surface area contributed by atoms with Crippen molar-refractivity contribution in [1.29, 1.82) is 0 Å². The fourth-order valence-electron chi connectivity index (χ4n) is 3.01. The Labute approximate surface area is 207 Å². The van der Waals surface area contributed by atoms with Gasteiger partial charge in [-0.2, -0.15) is 0 Å². The van der Waals surface area contributed by atoms with Gasteiger partial charge in [0, 0.05) is 37.8 Å². The van der Waals surface area contributed by atoms with Gasteiger partial charge in [-0.3, -0.25) is 4.98 Å². The lowest BCUT2D eigenvalue weighted by Crippen LogP contribution is -2.41. The minimum absolute atomic E-state index is 0.271. The normalized spacial score (nSPS) is 11.8. The second-order valence-electron chi connectivity index (χ2n) is 10.0. The number of amides is 2. The summed E-state index contributed by atoms with van der Waals surface area (Å²) in [5.74, 6) is 0.635. The summed E-state index contributed by atoms with van der Waals surface area (Å²) in [7, 11) is 1.68. The Morgan fingerprint density at radius 1 is 0.941 bits per heavy atom. The summed E-state index contributed by atoms with van der Waals surface area (Å²) in [5.41, 5.74) is -0.444. The SMILES string of the molecule is CN(CCCN(CCOc1ccc2c(Cl)ccnc2c1)C(=O)OC(C)(C)C)C(=O)OC(C)(C)C. The first-order chi connectivity index (χ1) is 15.7. The predicted octanol–water partition coefficient (Wildman–Crippen LogP) is 5.76. The molecule has 8 nitrogen and oxygen atoms in total. The maximum absolute atomic E-state index is 12.7. The van der Waals surface area contributed by atoms with Crippen LogP contribution < -0.4 is 4.74 Å². The Hall–Kier alpha value is -2.74. The van der Waals surface area contributed by atoms with Crippen molar-refractivity contribution in [1.82, 2.24) is 14.8 Å². The molecule has 0 radical (unpaired) electrons. The highest BCUT2D eigenvalue weighted by Gasteiger charge is 2.23. The monoisotopic (exact) mass is 493 g/mol. The predicted molar refractivity (Wildman–Crippen MR) is 134 cm³/mol. The highest BCUT2D eigenvalue weighted by atomic mass is 35.5. The molecule has 0 aliphatic heterocycles. The molecule has 0 aliphatic carbocycles. The van der Waals surface area contributed by atoms with Gasteiger partial charge in [-0.15, -0.1) is 0 Å². The summed E-state index contributed by atoms with van der Waals surface area (Å²) >= 11 is 6.19. The molecule has 1 aromatic carbocycles. The van der Waals surface area contributed by atoms with Crippen LogP contribution in [0.5, 0.6) is 5.75 Å². The number of benzene rings is 1. The topological polar surface area (TPSA) is 81.2 Å². The van der Waals surface area contributed by atoms with Crippen molar-refractivity contribution in [3.8, 4) is 5.75 Å². The summed E-state index contributed by atoms with van der Waals surface area (Å²) in [6.45, 7) is 12.4. The first-order valence-electron chi connectivity index (χ1n) is 11.3. The molecule has 2 rings (SSSR count). The van der Waals surface area contributed by atoms with Gasteiger partial charge in [0.15, 0.2) is 0 Å². The fourth-order valence-corrected chi connectivity index (χ4v) is 3.22. The van der Waals surface area contributed by atoms with Crippen LogP contribution in [0.25, 0.3) is 10.9 Å². The number of hydrogen-bond donors (Lipinski definition) is 0. The maximum Gasteiger partial charge on any atom is 0.410 e. The molecule has 34 heavy (non-hydrogen) atoms. The number of pyridine rings is 1. The Morgan fingerprint density at radius 2 is 1.59 bits per heavy atom. The van der Waals surface area contributed by atoms with Crippen LogP contribution in [0.15, 0.2) is 30.5 Å². The highest BCUT2D eigenvalue weighted by molar-refractivity contribution is 6.35. The Balaban J connectivity index is 1.95. The standard InChI is InChI=1S/C25H36ClN3O5/c1-24(2,3)33-22(30)28(7)13-8-14-29(23(31)34-25(4,5)6)15-16-32-18-9-10-19-20(26)11-12-27-21(19)17-18/h9-12,17H,8,13-16H2,1-7H3. The van der Waals surface area contributed by atoms with Crippen molar-refractivity contribution in [2.45, 2.75) is 59.2 Å². The van der Waals surface area contributed by atoms with Gasteiger partial charge in [0.2, 0.25) is 0 Å². The lowest BCUT2D eigenvalue weighted by atomic mass is 10.2. The first kappa shape index (κ1) is 27.5. The molecular weight excluding hydrogens is 458 g/mol. The maximum atomic E-state index is 12.7. The lowest BCUT2D eigenvalue weighted by Gasteiger charge is -2.28. The molecule has 1 aromatic heterocycles. The van der Waals surface area contributed by atoms with Gasteiger partial charge < -0.3 is 24.0 Å². The smallest absolute Gasteiger partial charge is 0.410 e. The molecular formula is C25H36ClN3O5. The number of fused-ring (bicyclic) bond motifs is 1. The number of carbonyl (C=O) groups is 2. The molecule has 2 amide bonds. The van der Waals surface area contributed by atoms with Crippen LogP contribution in [-0.2, 0) is 9.47 Å². The summed E-state index contributed by atoms with van der Waals surface area (Å²) in [5, 5.41) is 1.48. The molecule has 0 aliphatic rings. The summed E-state index contributed by atoms with van der Waals surface area (Å²) in [6.07, 6.45) is 1.38. The second kappa shape index (κ2) is 11.6. The zero-order valence-electron chi connectivity index (χ0n) is 21.2. The molecule has 1 heterocycles. The number of halogens is 1. The fraction of sp³-hybridized carbons (Fsp3) is 0.560. The molecule has 0 unspecified atom stereocenters. The number of ether oxygens (including phenoxy) is 3. The number of aromatic nitrogens is 1. The molecule has 9 heteroatoms. The van der Waals surface area contributed by atoms with Crippen molar-refractivity contribution in [2.24, 2.45) is 0 Å². The molecule has 0 N–H and O–H groups in total. The van der Waals surface area contributed by atoms with Crippen LogP contribution in [0, 0.1) is 0 Å². The Morgan fingerprint density at radius 3 is 2.24 bits per heavy atom. The third-order valence-corrected chi connectivity index (χ3v) is 4.90. The summed E-state index contributed by atoms with van der Waals surface area (Å²) in [6, 6.07) is 7.24. The Kier molecular flexibility index (Phi) is 9.38. The molecule has 0 bridgehead atoms. The number of hydrogen-bond acceptors (Lipinski definition) is 6. The average Bonchev–Trinajstić information content (AvgIpc) is 2.70. The van der Waals surface area contributed by atoms with E-state index < -0.39 is 23.4 Å². The summed E-state index contributed by atoms with van der Waals surface area (Å²) < 4.78 is 16.8. The van der Waals surface area contributed by atoms with Crippen LogP contribution in [0.1, 0.15) is 48.0 Å². The van der Waals surface area contributed by atoms with Crippen molar-refractivity contribution in [3.63, 3.8) is 0 Å². The van der Waals surface area contributed by atoms with Crippen molar-refractivity contribution in [2.75, 3.05) is 33.3 Å². The molecule has 2 aromatic rings. The van der Waals surface area contributed by atoms with Crippen LogP contribution >= 0.6 is 11.6 Å². The van der Waals surface area contributed by atoms with E-state index in [9.17, 15) is 9.59 Å². The van der Waals surface area contributed by atoms with E-state index in [2.05, 4.69) is 4.98 Å². The minimum atomic E-state index is -0.618. The van der Waals surface area contributed by atoms with Crippen LogP contribution in [0.4, 0.5) is 9.59 Å².